The summed E-state index contributed by atoms with van der Waals surface area (Å²) in [6.07, 6.45) is 0.701. The van der Waals surface area contributed by atoms with Crippen LogP contribution in [0, 0.1) is 6.92 Å². The Morgan fingerprint density at radius 3 is 2.36 bits per heavy atom. The van der Waals surface area contributed by atoms with Crippen LogP contribution in [0.25, 0.3) is 0 Å². The fraction of sp³-hybridized carbons (Fsp3) is 0.333. The van der Waals surface area contributed by atoms with E-state index in [2.05, 4.69) is 10.2 Å². The Balaban J connectivity index is 1.67. The number of hydrogen-bond donors (Lipinski definition) is 1. The first kappa shape index (κ1) is 16.9. The highest BCUT2D eigenvalue weighted by molar-refractivity contribution is 5.95. The van der Waals surface area contributed by atoms with Gasteiger partial charge in [0.2, 0.25) is 0 Å². The van der Waals surface area contributed by atoms with Gasteiger partial charge in [0.25, 0.3) is 17.4 Å². The van der Waals surface area contributed by atoms with Gasteiger partial charge in [-0.15, -0.1) is 0 Å². The van der Waals surface area contributed by atoms with E-state index in [1.807, 2.05) is 31.2 Å². The summed E-state index contributed by atoms with van der Waals surface area (Å²) in [5.74, 6) is -0.249. The number of nitrogens with zero attached hydrogens (tertiary/aromatic N) is 3. The smallest absolute Gasteiger partial charge is 0.274 e. The molecule has 25 heavy (non-hydrogen) atoms. The van der Waals surface area contributed by atoms with Crippen LogP contribution in [0.4, 0.5) is 0 Å². The lowest BCUT2D eigenvalue weighted by molar-refractivity contribution is 0.0715. The van der Waals surface area contributed by atoms with Crippen molar-refractivity contribution in [3.05, 3.63) is 63.6 Å². The molecule has 1 fully saturated rings. The van der Waals surface area contributed by atoms with Crippen molar-refractivity contribution in [2.24, 2.45) is 0 Å². The van der Waals surface area contributed by atoms with Gasteiger partial charge in [0.05, 0.1) is 0 Å². The molecule has 0 unspecified atom stereocenters. The zero-order valence-corrected chi connectivity index (χ0v) is 14.1. The second-order valence-corrected chi connectivity index (χ2v) is 6.11. The van der Waals surface area contributed by atoms with Crippen molar-refractivity contribution in [2.45, 2.75) is 13.3 Å². The molecule has 1 aliphatic rings. The van der Waals surface area contributed by atoms with Gasteiger partial charge in [-0.05, 0) is 31.5 Å². The molecule has 1 N–H and O–H groups in total. The zero-order chi connectivity index (χ0) is 17.8. The number of aromatic nitrogens is 2. The molecule has 7 nitrogen and oxygen atoms in total. The van der Waals surface area contributed by atoms with E-state index in [1.54, 1.807) is 9.80 Å². The van der Waals surface area contributed by atoms with Gasteiger partial charge in [-0.2, -0.15) is 5.10 Å². The van der Waals surface area contributed by atoms with Gasteiger partial charge in [-0.3, -0.25) is 14.4 Å². The normalized spacial score (nSPS) is 14.9. The maximum atomic E-state index is 12.7. The molecule has 1 aromatic carbocycles. The van der Waals surface area contributed by atoms with E-state index >= 15 is 0 Å². The largest absolute Gasteiger partial charge is 0.337 e. The molecule has 0 aliphatic carbocycles. The Morgan fingerprint density at radius 1 is 1.00 bits per heavy atom. The molecule has 0 radical (unpaired) electrons. The molecule has 0 saturated carbocycles. The molecule has 2 amide bonds. The van der Waals surface area contributed by atoms with Crippen LogP contribution in [-0.4, -0.2) is 58.0 Å². The van der Waals surface area contributed by atoms with Crippen LogP contribution < -0.4 is 5.56 Å². The van der Waals surface area contributed by atoms with E-state index in [4.69, 9.17) is 0 Å². The molecule has 2 heterocycles. The molecule has 0 bridgehead atoms. The summed E-state index contributed by atoms with van der Waals surface area (Å²) in [6, 6.07) is 10.2. The third-order valence-electron chi connectivity index (χ3n) is 4.23. The quantitative estimate of drug-likeness (QED) is 0.886. The lowest BCUT2D eigenvalue weighted by Crippen LogP contribution is -2.37. The van der Waals surface area contributed by atoms with Crippen LogP contribution >= 0.6 is 0 Å². The fourth-order valence-electron chi connectivity index (χ4n) is 2.91. The van der Waals surface area contributed by atoms with Crippen molar-refractivity contribution in [3.8, 4) is 0 Å². The predicted molar refractivity (Wildman–Crippen MR) is 92.5 cm³/mol. The SMILES string of the molecule is Cc1cccc(C(=O)N2CCCN(C(=O)c3ccc(=O)[nH]n3)CC2)c1. The van der Waals surface area contributed by atoms with Crippen LogP contribution in [0.3, 0.4) is 0 Å². The number of rotatable bonds is 2. The molecule has 3 rings (SSSR count). The Labute approximate surface area is 145 Å². The van der Waals surface area contributed by atoms with Crippen LogP contribution in [-0.2, 0) is 0 Å². The number of benzene rings is 1. The average molecular weight is 340 g/mol. The molecule has 1 aromatic heterocycles. The highest BCUT2D eigenvalue weighted by Gasteiger charge is 2.24. The monoisotopic (exact) mass is 340 g/mol. The third kappa shape index (κ3) is 3.93. The summed E-state index contributed by atoms with van der Waals surface area (Å²) in [7, 11) is 0. The fourth-order valence-corrected chi connectivity index (χ4v) is 2.91. The number of carbonyl (C=O) groups is 2. The molecular formula is C18H20N4O3. The minimum atomic E-state index is -0.345. The number of aryl methyl sites for hydroxylation is 1. The second kappa shape index (κ2) is 7.29. The summed E-state index contributed by atoms with van der Waals surface area (Å²) < 4.78 is 0. The lowest BCUT2D eigenvalue weighted by Gasteiger charge is -2.22. The molecule has 130 valence electrons. The standard InChI is InChI=1S/C18H20N4O3/c1-13-4-2-5-14(12-13)17(24)21-8-3-9-22(11-10-21)18(25)15-6-7-16(23)20-19-15/h2,4-7,12H,3,8-11H2,1H3,(H,20,23). The van der Waals surface area contributed by atoms with E-state index in [-0.39, 0.29) is 23.1 Å². The second-order valence-electron chi connectivity index (χ2n) is 6.11. The Hall–Kier alpha value is -2.96. The van der Waals surface area contributed by atoms with Gasteiger partial charge in [0, 0.05) is 37.8 Å². The van der Waals surface area contributed by atoms with Crippen LogP contribution in [0.2, 0.25) is 0 Å². The van der Waals surface area contributed by atoms with E-state index in [1.165, 1.54) is 12.1 Å². The van der Waals surface area contributed by atoms with Gasteiger partial charge in [0.15, 0.2) is 0 Å². The number of nitrogens with one attached hydrogen (secondary N) is 1. The summed E-state index contributed by atoms with van der Waals surface area (Å²) in [4.78, 5) is 39.7. The highest BCUT2D eigenvalue weighted by atomic mass is 16.2. The van der Waals surface area contributed by atoms with Gasteiger partial charge < -0.3 is 9.80 Å². The Kier molecular flexibility index (Phi) is 4.92. The first-order valence-corrected chi connectivity index (χ1v) is 8.25. The molecule has 0 spiro atoms. The summed E-state index contributed by atoms with van der Waals surface area (Å²) in [5.41, 5.74) is 1.57. The van der Waals surface area contributed by atoms with Crippen molar-refractivity contribution >= 4 is 11.8 Å². The van der Waals surface area contributed by atoms with E-state index in [0.29, 0.717) is 38.2 Å². The van der Waals surface area contributed by atoms with E-state index in [0.717, 1.165) is 5.56 Å². The summed E-state index contributed by atoms with van der Waals surface area (Å²) in [5, 5.41) is 6.06. The molecule has 1 saturated heterocycles. The van der Waals surface area contributed by atoms with E-state index in [9.17, 15) is 14.4 Å². The van der Waals surface area contributed by atoms with Crippen molar-refractivity contribution in [1.29, 1.82) is 0 Å². The van der Waals surface area contributed by atoms with E-state index < -0.39 is 0 Å². The van der Waals surface area contributed by atoms with Crippen molar-refractivity contribution in [2.75, 3.05) is 26.2 Å². The highest BCUT2D eigenvalue weighted by Crippen LogP contribution is 2.12. The number of hydrogen-bond acceptors (Lipinski definition) is 4. The molecule has 2 aromatic rings. The minimum absolute atomic E-state index is 0.0137. The number of H-pyrrole nitrogens is 1. The van der Waals surface area contributed by atoms with Crippen LogP contribution in [0.1, 0.15) is 32.8 Å². The molecule has 1 aliphatic heterocycles. The van der Waals surface area contributed by atoms with Crippen molar-refractivity contribution in [3.63, 3.8) is 0 Å². The minimum Gasteiger partial charge on any atom is -0.337 e. The average Bonchev–Trinajstić information content (AvgIpc) is 2.87. The predicted octanol–water partition coefficient (Wildman–Crippen LogP) is 1.07. The molecular weight excluding hydrogens is 320 g/mol. The van der Waals surface area contributed by atoms with Gasteiger partial charge in [-0.1, -0.05) is 17.7 Å². The van der Waals surface area contributed by atoms with Crippen LogP contribution in [0.5, 0.6) is 0 Å². The number of amides is 2. The van der Waals surface area contributed by atoms with Crippen molar-refractivity contribution < 1.29 is 9.59 Å². The number of carbonyl (C=O) groups excluding carboxylic acids is 2. The Morgan fingerprint density at radius 2 is 1.72 bits per heavy atom. The first-order valence-electron chi connectivity index (χ1n) is 8.25. The maximum Gasteiger partial charge on any atom is 0.274 e. The topological polar surface area (TPSA) is 86.4 Å². The van der Waals surface area contributed by atoms with Crippen LogP contribution in [0.15, 0.2) is 41.2 Å². The summed E-state index contributed by atoms with van der Waals surface area (Å²) >= 11 is 0. The van der Waals surface area contributed by atoms with Gasteiger partial charge >= 0.3 is 0 Å². The third-order valence-corrected chi connectivity index (χ3v) is 4.23. The van der Waals surface area contributed by atoms with Crippen molar-refractivity contribution in [1.82, 2.24) is 20.0 Å². The zero-order valence-electron chi connectivity index (χ0n) is 14.1. The molecule has 0 atom stereocenters. The molecule has 7 heteroatoms. The van der Waals surface area contributed by atoms with Gasteiger partial charge in [0.1, 0.15) is 5.69 Å². The summed E-state index contributed by atoms with van der Waals surface area (Å²) in [6.45, 7) is 4.03. The maximum absolute atomic E-state index is 12.7. The lowest BCUT2D eigenvalue weighted by atomic mass is 10.1. The Bertz CT molecular complexity index is 826. The number of aromatic amines is 1. The first-order chi connectivity index (χ1) is 12.0. The van der Waals surface area contributed by atoms with Gasteiger partial charge in [-0.25, -0.2) is 5.10 Å².